The van der Waals surface area contributed by atoms with E-state index >= 15 is 0 Å². The Morgan fingerprint density at radius 1 is 1.18 bits per heavy atom. The van der Waals surface area contributed by atoms with Gasteiger partial charge in [-0.05, 0) is 58.5 Å². The molecule has 1 saturated carbocycles. The minimum Gasteiger partial charge on any atom is -0.324 e. The van der Waals surface area contributed by atoms with Gasteiger partial charge in [0.05, 0.1) is 0 Å². The van der Waals surface area contributed by atoms with E-state index < -0.39 is 0 Å². The first-order valence-electron chi connectivity index (χ1n) is 7.12. The second kappa shape index (κ2) is 5.25. The van der Waals surface area contributed by atoms with E-state index in [2.05, 4.69) is 30.7 Å². The summed E-state index contributed by atoms with van der Waals surface area (Å²) in [6.45, 7) is 10.4. The third-order valence-electron chi connectivity index (χ3n) is 3.84. The van der Waals surface area contributed by atoms with Gasteiger partial charge in [0.1, 0.15) is 0 Å². The number of likely N-dealkylation sites (tertiary alicyclic amines) is 1. The number of hydrogen-bond acceptors (Lipinski definition) is 3. The predicted molar refractivity (Wildman–Crippen MR) is 73.0 cm³/mol. The van der Waals surface area contributed by atoms with Crippen LogP contribution in [0.4, 0.5) is 0 Å². The summed E-state index contributed by atoms with van der Waals surface area (Å²) in [5.74, 6) is 1.88. The lowest BCUT2D eigenvalue weighted by atomic mass is 10.1. The van der Waals surface area contributed by atoms with Crippen LogP contribution in [0.5, 0.6) is 0 Å². The Labute approximate surface area is 106 Å². The molecule has 0 aromatic carbocycles. The Balaban J connectivity index is 1.66. The van der Waals surface area contributed by atoms with Crippen LogP contribution in [0, 0.1) is 11.8 Å². The molecule has 0 amide bonds. The van der Waals surface area contributed by atoms with Gasteiger partial charge < -0.3 is 15.5 Å². The maximum absolute atomic E-state index is 6.08. The Kier molecular flexibility index (Phi) is 4.11. The highest BCUT2D eigenvalue weighted by Gasteiger charge is 2.28. The van der Waals surface area contributed by atoms with Gasteiger partial charge in [-0.3, -0.25) is 0 Å². The molecule has 2 N–H and O–H groups in total. The summed E-state index contributed by atoms with van der Waals surface area (Å²) in [4.78, 5) is 5.08. The van der Waals surface area contributed by atoms with E-state index in [0.29, 0.717) is 0 Å². The summed E-state index contributed by atoms with van der Waals surface area (Å²) >= 11 is 0. The molecule has 100 valence electrons. The van der Waals surface area contributed by atoms with Crippen LogP contribution in [0.15, 0.2) is 0 Å². The number of nitrogens with zero attached hydrogens (tertiary/aromatic N) is 2. The van der Waals surface area contributed by atoms with E-state index in [4.69, 9.17) is 5.73 Å². The van der Waals surface area contributed by atoms with Gasteiger partial charge in [0.2, 0.25) is 0 Å². The monoisotopic (exact) mass is 239 g/mol. The molecule has 0 bridgehead atoms. The van der Waals surface area contributed by atoms with Gasteiger partial charge in [-0.2, -0.15) is 0 Å². The maximum Gasteiger partial charge on any atom is 0.0226 e. The summed E-state index contributed by atoms with van der Waals surface area (Å²) in [6.07, 6.45) is 4.27. The molecular weight excluding hydrogens is 210 g/mol. The first kappa shape index (κ1) is 13.3. The lowest BCUT2D eigenvalue weighted by Gasteiger charge is -2.26. The molecule has 3 heteroatoms. The molecule has 0 radical (unpaired) electrons. The van der Waals surface area contributed by atoms with E-state index in [-0.39, 0.29) is 5.54 Å². The number of rotatable bonds is 6. The summed E-state index contributed by atoms with van der Waals surface area (Å²) in [7, 11) is 2.29. The first-order valence-corrected chi connectivity index (χ1v) is 7.12. The zero-order valence-corrected chi connectivity index (χ0v) is 11.8. The van der Waals surface area contributed by atoms with Gasteiger partial charge >= 0.3 is 0 Å². The molecule has 1 atom stereocenters. The standard InChI is InChI=1S/C14H29N3/c1-14(2,15)11-17-7-6-13(10-17)9-16(3)8-12-4-5-12/h12-13H,4-11,15H2,1-3H3. The quantitative estimate of drug-likeness (QED) is 0.760. The summed E-state index contributed by atoms with van der Waals surface area (Å²) in [6, 6.07) is 0. The van der Waals surface area contributed by atoms with E-state index in [0.717, 1.165) is 18.4 Å². The molecule has 2 fully saturated rings. The highest BCUT2D eigenvalue weighted by Crippen LogP contribution is 2.30. The molecule has 0 aromatic heterocycles. The van der Waals surface area contributed by atoms with Crippen molar-refractivity contribution in [1.29, 1.82) is 0 Å². The fourth-order valence-electron chi connectivity index (χ4n) is 3.04. The second-order valence-corrected chi connectivity index (χ2v) is 7.04. The lowest BCUT2D eigenvalue weighted by Crippen LogP contribution is -2.44. The zero-order chi connectivity index (χ0) is 12.5. The molecule has 1 unspecified atom stereocenters. The molecule has 1 aliphatic heterocycles. The van der Waals surface area contributed by atoms with Crippen LogP contribution in [0.1, 0.15) is 33.1 Å². The van der Waals surface area contributed by atoms with Crippen molar-refractivity contribution in [3.05, 3.63) is 0 Å². The number of nitrogens with two attached hydrogens (primary N) is 1. The van der Waals surface area contributed by atoms with Gasteiger partial charge in [-0.1, -0.05) is 0 Å². The maximum atomic E-state index is 6.08. The summed E-state index contributed by atoms with van der Waals surface area (Å²) < 4.78 is 0. The fraction of sp³-hybridized carbons (Fsp3) is 1.00. The van der Waals surface area contributed by atoms with E-state index in [1.807, 2.05) is 0 Å². The van der Waals surface area contributed by atoms with Crippen LogP contribution in [0.25, 0.3) is 0 Å². The molecule has 2 aliphatic rings. The average molecular weight is 239 g/mol. The molecule has 3 nitrogen and oxygen atoms in total. The van der Waals surface area contributed by atoms with Gasteiger partial charge in [0, 0.05) is 31.7 Å². The molecular formula is C14H29N3. The minimum absolute atomic E-state index is 0.0468. The van der Waals surface area contributed by atoms with Crippen LogP contribution >= 0.6 is 0 Å². The SMILES string of the molecule is CN(CC1CC1)CC1CCN(CC(C)(C)N)C1. The largest absolute Gasteiger partial charge is 0.324 e. The van der Waals surface area contributed by atoms with Crippen LogP contribution < -0.4 is 5.73 Å². The third-order valence-corrected chi connectivity index (χ3v) is 3.84. The fourth-order valence-corrected chi connectivity index (χ4v) is 3.04. The van der Waals surface area contributed by atoms with Crippen molar-refractivity contribution in [1.82, 2.24) is 9.80 Å². The van der Waals surface area contributed by atoms with E-state index in [1.54, 1.807) is 0 Å². The van der Waals surface area contributed by atoms with Gasteiger partial charge in [-0.25, -0.2) is 0 Å². The van der Waals surface area contributed by atoms with Crippen molar-refractivity contribution in [2.24, 2.45) is 17.6 Å². The molecule has 1 saturated heterocycles. The smallest absolute Gasteiger partial charge is 0.0226 e. The molecule has 17 heavy (non-hydrogen) atoms. The third kappa shape index (κ3) is 4.94. The van der Waals surface area contributed by atoms with Crippen molar-refractivity contribution in [2.75, 3.05) is 39.8 Å². The molecule has 0 aromatic rings. The van der Waals surface area contributed by atoms with Crippen LogP contribution in [0.2, 0.25) is 0 Å². The predicted octanol–water partition coefficient (Wildman–Crippen LogP) is 1.39. The lowest BCUT2D eigenvalue weighted by molar-refractivity contribution is 0.236. The van der Waals surface area contributed by atoms with Crippen molar-refractivity contribution >= 4 is 0 Å². The molecule has 0 spiro atoms. The summed E-state index contributed by atoms with van der Waals surface area (Å²) in [5, 5.41) is 0. The van der Waals surface area contributed by atoms with Gasteiger partial charge in [-0.15, -0.1) is 0 Å². The van der Waals surface area contributed by atoms with Crippen LogP contribution in [-0.2, 0) is 0 Å². The Bertz CT molecular complexity index is 242. The molecule has 2 rings (SSSR count). The first-order chi connectivity index (χ1) is 7.92. The van der Waals surface area contributed by atoms with Crippen LogP contribution in [0.3, 0.4) is 0 Å². The Hall–Kier alpha value is -0.120. The second-order valence-electron chi connectivity index (χ2n) is 7.04. The van der Waals surface area contributed by atoms with E-state index in [9.17, 15) is 0 Å². The average Bonchev–Trinajstić information content (AvgIpc) is 2.86. The zero-order valence-electron chi connectivity index (χ0n) is 11.8. The Morgan fingerprint density at radius 2 is 1.82 bits per heavy atom. The van der Waals surface area contributed by atoms with Crippen molar-refractivity contribution in [3.8, 4) is 0 Å². The van der Waals surface area contributed by atoms with Gasteiger partial charge in [0.25, 0.3) is 0 Å². The highest BCUT2D eigenvalue weighted by molar-refractivity contribution is 4.85. The van der Waals surface area contributed by atoms with Crippen molar-refractivity contribution in [2.45, 2.75) is 38.6 Å². The van der Waals surface area contributed by atoms with Crippen LogP contribution in [-0.4, -0.2) is 55.1 Å². The topological polar surface area (TPSA) is 32.5 Å². The van der Waals surface area contributed by atoms with E-state index in [1.165, 1.54) is 45.4 Å². The summed E-state index contributed by atoms with van der Waals surface area (Å²) in [5.41, 5.74) is 6.04. The minimum atomic E-state index is -0.0468. The van der Waals surface area contributed by atoms with Crippen molar-refractivity contribution < 1.29 is 0 Å². The molecule has 1 heterocycles. The van der Waals surface area contributed by atoms with Gasteiger partial charge in [0.15, 0.2) is 0 Å². The van der Waals surface area contributed by atoms with Crippen molar-refractivity contribution in [3.63, 3.8) is 0 Å². The Morgan fingerprint density at radius 3 is 2.41 bits per heavy atom. The molecule has 1 aliphatic carbocycles. The number of hydrogen-bond donors (Lipinski definition) is 1. The highest BCUT2D eigenvalue weighted by atomic mass is 15.2. The normalized spacial score (nSPS) is 27.0.